The van der Waals surface area contributed by atoms with Gasteiger partial charge in [0, 0.05) is 6.61 Å². The maximum Gasteiger partial charge on any atom is 0.145 e. The molecular formula is C14H27O3Si. The van der Waals surface area contributed by atoms with Crippen LogP contribution in [0.3, 0.4) is 0 Å². The predicted molar refractivity (Wildman–Crippen MR) is 75.8 cm³/mol. The highest BCUT2D eigenvalue weighted by atomic mass is 28.1. The lowest BCUT2D eigenvalue weighted by Crippen LogP contribution is -2.41. The largest absolute Gasteiger partial charge is 0.377 e. The summed E-state index contributed by atoms with van der Waals surface area (Å²) < 4.78 is 17.1. The number of rotatable bonds is 10. The van der Waals surface area contributed by atoms with E-state index in [9.17, 15) is 0 Å². The zero-order valence-electron chi connectivity index (χ0n) is 12.4. The van der Waals surface area contributed by atoms with E-state index in [0.29, 0.717) is 13.2 Å². The molecule has 0 rings (SSSR count). The third-order valence-electron chi connectivity index (χ3n) is 2.00. The Morgan fingerprint density at radius 1 is 1.17 bits per heavy atom. The lowest BCUT2D eigenvalue weighted by atomic mass is 10.3. The van der Waals surface area contributed by atoms with Crippen LogP contribution in [0, 0.1) is 0 Å². The minimum atomic E-state index is -0.713. The van der Waals surface area contributed by atoms with Gasteiger partial charge in [-0.2, -0.15) is 0 Å². The summed E-state index contributed by atoms with van der Waals surface area (Å²) in [7, 11) is 3.61. The molecule has 0 heterocycles. The Morgan fingerprint density at radius 3 is 2.06 bits per heavy atom. The van der Waals surface area contributed by atoms with Crippen molar-refractivity contribution < 1.29 is 14.2 Å². The van der Waals surface area contributed by atoms with E-state index < -0.39 is 5.41 Å². The van der Waals surface area contributed by atoms with Gasteiger partial charge in [-0.15, -0.1) is 0 Å². The number of ether oxygens (including phenoxy) is 3. The first-order valence-corrected chi connectivity index (χ1v) is 7.08. The predicted octanol–water partition coefficient (Wildman–Crippen LogP) is 3.03. The van der Waals surface area contributed by atoms with Crippen LogP contribution in [0.25, 0.3) is 0 Å². The van der Waals surface area contributed by atoms with E-state index in [1.165, 1.54) is 0 Å². The van der Waals surface area contributed by atoms with Gasteiger partial charge in [0.25, 0.3) is 0 Å². The summed E-state index contributed by atoms with van der Waals surface area (Å²) in [5.74, 6) is 0. The van der Waals surface area contributed by atoms with Gasteiger partial charge in [-0.05, 0) is 47.5 Å². The molecule has 0 aliphatic rings. The van der Waals surface area contributed by atoms with Crippen molar-refractivity contribution in [1.82, 2.24) is 0 Å². The molecule has 0 fully saturated rings. The zero-order chi connectivity index (χ0) is 14.2. The maximum atomic E-state index is 5.79. The molecule has 3 nitrogen and oxygen atoms in total. The first-order chi connectivity index (χ1) is 8.25. The molecule has 3 radical (unpaired) electrons. The molecule has 4 heteroatoms. The van der Waals surface area contributed by atoms with Gasteiger partial charge >= 0.3 is 0 Å². The van der Waals surface area contributed by atoms with Crippen LogP contribution >= 0.6 is 0 Å². The van der Waals surface area contributed by atoms with Crippen molar-refractivity contribution in [3.05, 3.63) is 12.2 Å². The topological polar surface area (TPSA) is 27.7 Å². The Hall–Kier alpha value is -0.163. The monoisotopic (exact) mass is 271 g/mol. The van der Waals surface area contributed by atoms with Crippen LogP contribution in [0.5, 0.6) is 0 Å². The summed E-state index contributed by atoms with van der Waals surface area (Å²) >= 11 is 0. The highest BCUT2D eigenvalue weighted by Crippen LogP contribution is 2.20. The molecule has 0 aromatic carbocycles. The normalized spacial score (nSPS) is 12.4. The molecule has 0 spiro atoms. The summed E-state index contributed by atoms with van der Waals surface area (Å²) in [6.45, 7) is 15.0. The lowest BCUT2D eigenvalue weighted by Gasteiger charge is -2.34. The average Bonchev–Trinajstić information content (AvgIpc) is 2.13. The molecule has 0 amide bonds. The van der Waals surface area contributed by atoms with Crippen LogP contribution in [0.2, 0.25) is 0 Å². The second-order valence-corrected chi connectivity index (χ2v) is 5.96. The van der Waals surface area contributed by atoms with Gasteiger partial charge in [-0.25, -0.2) is 0 Å². The van der Waals surface area contributed by atoms with Crippen molar-refractivity contribution >= 4 is 10.2 Å². The Morgan fingerprint density at radius 2 is 1.67 bits per heavy atom. The second kappa shape index (κ2) is 8.86. The minimum Gasteiger partial charge on any atom is -0.377 e. The van der Waals surface area contributed by atoms with Gasteiger partial charge in [-0.3, -0.25) is 0 Å². The van der Waals surface area contributed by atoms with Crippen molar-refractivity contribution in [3.63, 3.8) is 0 Å². The van der Waals surface area contributed by atoms with Crippen LogP contribution in [-0.2, 0) is 14.2 Å². The molecule has 0 bridgehead atoms. The number of hydrogen-bond donors (Lipinski definition) is 0. The smallest absolute Gasteiger partial charge is 0.145 e. The highest BCUT2D eigenvalue weighted by Gasteiger charge is 2.28. The third-order valence-corrected chi connectivity index (χ3v) is 2.48. The van der Waals surface area contributed by atoms with E-state index in [0.717, 1.165) is 18.4 Å². The van der Waals surface area contributed by atoms with Crippen molar-refractivity contribution in [2.45, 2.75) is 65.1 Å². The van der Waals surface area contributed by atoms with E-state index in [2.05, 4.69) is 16.8 Å². The molecular weight excluding hydrogens is 244 g/mol. The summed E-state index contributed by atoms with van der Waals surface area (Å²) in [4.78, 5) is 0. The molecule has 105 valence electrons. The van der Waals surface area contributed by atoms with E-state index in [1.54, 1.807) is 0 Å². The Balaban J connectivity index is 4.04. The van der Waals surface area contributed by atoms with E-state index in [-0.39, 0.29) is 12.2 Å². The van der Waals surface area contributed by atoms with E-state index in [1.807, 2.05) is 34.6 Å². The Bertz CT molecular complexity index is 229. The van der Waals surface area contributed by atoms with Crippen LogP contribution in [0.15, 0.2) is 12.2 Å². The summed E-state index contributed by atoms with van der Waals surface area (Å²) in [6, 6.07) is 0. The second-order valence-electron chi connectivity index (χ2n) is 5.20. The molecule has 0 aromatic rings. The van der Waals surface area contributed by atoms with Gasteiger partial charge < -0.3 is 14.2 Å². The molecule has 0 N–H and O–H groups in total. The van der Waals surface area contributed by atoms with Crippen molar-refractivity contribution in [2.24, 2.45) is 0 Å². The van der Waals surface area contributed by atoms with Gasteiger partial charge in [0.1, 0.15) is 15.7 Å². The van der Waals surface area contributed by atoms with Gasteiger partial charge in [0.2, 0.25) is 0 Å². The maximum absolute atomic E-state index is 5.79. The van der Waals surface area contributed by atoms with Crippen LogP contribution < -0.4 is 0 Å². The molecule has 0 saturated heterocycles. The first-order valence-electron chi connectivity index (χ1n) is 6.58. The Kier molecular flexibility index (Phi) is 8.78. The van der Waals surface area contributed by atoms with Crippen LogP contribution in [-0.4, -0.2) is 41.1 Å². The fraction of sp³-hybridized carbons (Fsp3) is 0.857. The highest BCUT2D eigenvalue weighted by molar-refractivity contribution is 6.13. The summed E-state index contributed by atoms with van der Waals surface area (Å²) in [5, 5.41) is 0. The standard InChI is InChI=1S/C14H27O3Si/c1-11(2)10-15-9-7-8-14(18,16-12(3)4)17-13(5)6/h12-13H,1,7-10H2,2-6H3. The fourth-order valence-electron chi connectivity index (χ4n) is 1.56. The molecule has 0 aromatic heterocycles. The SMILES string of the molecule is C=C(C)COCCCC([Si])(OC(C)C)OC(C)C. The zero-order valence-corrected chi connectivity index (χ0v) is 13.4. The minimum absolute atomic E-state index is 0.109. The van der Waals surface area contributed by atoms with E-state index in [4.69, 9.17) is 14.2 Å². The quantitative estimate of drug-likeness (QED) is 0.264. The van der Waals surface area contributed by atoms with E-state index >= 15 is 0 Å². The lowest BCUT2D eigenvalue weighted by molar-refractivity contribution is -0.218. The third kappa shape index (κ3) is 9.83. The van der Waals surface area contributed by atoms with Gasteiger partial charge in [0.15, 0.2) is 0 Å². The molecule has 0 atom stereocenters. The molecule has 0 aliphatic carbocycles. The molecule has 0 saturated carbocycles. The summed E-state index contributed by atoms with van der Waals surface area (Å²) in [5.41, 5.74) is 0.325. The average molecular weight is 271 g/mol. The van der Waals surface area contributed by atoms with Crippen molar-refractivity contribution in [2.75, 3.05) is 13.2 Å². The van der Waals surface area contributed by atoms with Crippen molar-refractivity contribution in [1.29, 1.82) is 0 Å². The molecule has 0 aliphatic heterocycles. The first kappa shape index (κ1) is 17.8. The van der Waals surface area contributed by atoms with Gasteiger partial charge in [0.05, 0.1) is 18.8 Å². The van der Waals surface area contributed by atoms with Crippen LogP contribution in [0.4, 0.5) is 0 Å². The molecule has 0 unspecified atom stereocenters. The molecule has 18 heavy (non-hydrogen) atoms. The fourth-order valence-corrected chi connectivity index (χ4v) is 2.21. The van der Waals surface area contributed by atoms with Gasteiger partial charge in [-0.1, -0.05) is 12.2 Å². The number of hydrogen-bond acceptors (Lipinski definition) is 3. The summed E-state index contributed by atoms with van der Waals surface area (Å²) in [6.07, 6.45) is 1.84. The van der Waals surface area contributed by atoms with Crippen molar-refractivity contribution in [3.8, 4) is 0 Å². The van der Waals surface area contributed by atoms with Crippen LogP contribution in [0.1, 0.15) is 47.5 Å². The Labute approximate surface area is 115 Å².